The minimum Gasteiger partial charge on any atom is -0.494 e. The molecule has 0 spiro atoms. The minimum atomic E-state index is -4.81. The molecule has 2 aromatic heterocycles. The second kappa shape index (κ2) is 13.2. The van der Waals surface area contributed by atoms with Crippen molar-refractivity contribution in [2.45, 2.75) is 31.5 Å². The van der Waals surface area contributed by atoms with Crippen LogP contribution in [0.4, 0.5) is 33.5 Å². The van der Waals surface area contributed by atoms with E-state index in [1.807, 2.05) is 6.92 Å². The van der Waals surface area contributed by atoms with Gasteiger partial charge < -0.3 is 28.8 Å². The Hall–Kier alpha value is -4.96. The number of aliphatic hydroxyl groups excluding tert-OH is 1. The van der Waals surface area contributed by atoms with Gasteiger partial charge >= 0.3 is 12.1 Å². The number of imidazole rings is 1. The van der Waals surface area contributed by atoms with Gasteiger partial charge in [0.2, 0.25) is 5.54 Å². The molecule has 2 aromatic carbocycles. The number of halogens is 5. The van der Waals surface area contributed by atoms with Crippen LogP contribution < -0.4 is 15.2 Å². The molecule has 244 valence electrons. The number of anilines is 2. The van der Waals surface area contributed by atoms with E-state index >= 15 is 0 Å². The molecule has 1 aliphatic rings. The van der Waals surface area contributed by atoms with E-state index in [1.165, 1.54) is 35.0 Å². The smallest absolute Gasteiger partial charge is 0.417 e. The lowest BCUT2D eigenvalue weighted by Gasteiger charge is -2.31. The molecule has 3 heterocycles. The summed E-state index contributed by atoms with van der Waals surface area (Å²) in [6.07, 6.45) is -0.713. The van der Waals surface area contributed by atoms with Crippen LogP contribution in [0.1, 0.15) is 36.8 Å². The van der Waals surface area contributed by atoms with E-state index in [2.05, 4.69) is 15.6 Å². The maximum absolute atomic E-state index is 14.5. The summed E-state index contributed by atoms with van der Waals surface area (Å²) in [5.74, 6) is -4.02. The van der Waals surface area contributed by atoms with Crippen molar-refractivity contribution in [3.05, 3.63) is 83.6 Å². The van der Waals surface area contributed by atoms with Crippen molar-refractivity contribution in [2.24, 2.45) is 0 Å². The average Bonchev–Trinajstić information content (AvgIpc) is 3.69. The fourth-order valence-electron chi connectivity index (χ4n) is 4.98. The van der Waals surface area contributed by atoms with Crippen molar-refractivity contribution in [1.82, 2.24) is 14.7 Å². The number of aliphatic carboxylic acids is 1. The summed E-state index contributed by atoms with van der Waals surface area (Å²) < 4.78 is 88.2. The fraction of sp³-hybridized carbons (Fsp3) is 0.300. The molecule has 1 unspecified atom stereocenters. The molecule has 0 saturated heterocycles. The van der Waals surface area contributed by atoms with Crippen LogP contribution in [0.15, 0.2) is 59.5 Å². The Labute approximate surface area is 258 Å². The number of alkyl halides is 3. The van der Waals surface area contributed by atoms with Crippen LogP contribution >= 0.6 is 0 Å². The van der Waals surface area contributed by atoms with Crippen LogP contribution in [0.2, 0.25) is 0 Å². The third-order valence-electron chi connectivity index (χ3n) is 7.17. The molecule has 0 radical (unpaired) electrons. The van der Waals surface area contributed by atoms with Gasteiger partial charge in [0, 0.05) is 30.9 Å². The Kier molecular flexibility index (Phi) is 9.29. The largest absolute Gasteiger partial charge is 0.494 e. The van der Waals surface area contributed by atoms with Crippen LogP contribution in [0.5, 0.6) is 5.75 Å². The molecular formula is C30H28F5N5O6. The first-order chi connectivity index (χ1) is 22.0. The number of nitrogens with one attached hydrogen (secondary N) is 1. The number of carboxylic acid groups (broad SMARTS) is 1. The van der Waals surface area contributed by atoms with Crippen molar-refractivity contribution in [2.75, 3.05) is 36.9 Å². The van der Waals surface area contributed by atoms with Crippen molar-refractivity contribution in [1.29, 1.82) is 0 Å². The SMILES string of the molecule is CCCOc1ccc(-c2cc(C(CCOCCO)(C(=O)O)n3cnc4c3C=CN(c3cccc(F)c3F)N4)on2)c(C(F)(F)F)c1. The molecule has 1 atom stereocenters. The number of benzene rings is 2. The predicted molar refractivity (Wildman–Crippen MR) is 154 cm³/mol. The number of carboxylic acids is 1. The normalized spacial score (nSPS) is 14.1. The lowest BCUT2D eigenvalue weighted by atomic mass is 9.90. The highest BCUT2D eigenvalue weighted by atomic mass is 19.4. The third kappa shape index (κ3) is 6.12. The number of hydrogen-bond acceptors (Lipinski definition) is 9. The Morgan fingerprint density at radius 3 is 2.63 bits per heavy atom. The minimum absolute atomic E-state index is 0.000875. The van der Waals surface area contributed by atoms with E-state index in [1.54, 1.807) is 0 Å². The number of nitrogens with zero attached hydrogens (tertiary/aromatic N) is 4. The van der Waals surface area contributed by atoms with E-state index in [0.29, 0.717) is 6.42 Å². The number of ether oxygens (including phenoxy) is 2. The van der Waals surface area contributed by atoms with Crippen molar-refractivity contribution >= 4 is 23.6 Å². The van der Waals surface area contributed by atoms with Gasteiger partial charge in [0.1, 0.15) is 17.1 Å². The summed E-state index contributed by atoms with van der Waals surface area (Å²) in [5, 5.41) is 24.8. The fourth-order valence-corrected chi connectivity index (χ4v) is 4.98. The number of aromatic nitrogens is 3. The first-order valence-corrected chi connectivity index (χ1v) is 14.0. The third-order valence-corrected chi connectivity index (χ3v) is 7.17. The number of rotatable bonds is 13. The summed E-state index contributed by atoms with van der Waals surface area (Å²) >= 11 is 0. The van der Waals surface area contributed by atoms with Gasteiger partial charge in [-0.15, -0.1) is 0 Å². The van der Waals surface area contributed by atoms with Gasteiger partial charge in [0.15, 0.2) is 23.2 Å². The maximum Gasteiger partial charge on any atom is 0.417 e. The van der Waals surface area contributed by atoms with E-state index in [9.17, 15) is 31.9 Å². The van der Waals surface area contributed by atoms with Gasteiger partial charge in [-0.3, -0.25) is 10.4 Å². The molecular weight excluding hydrogens is 621 g/mol. The summed E-state index contributed by atoms with van der Waals surface area (Å²) in [7, 11) is 0. The van der Waals surface area contributed by atoms with Crippen LogP contribution in [0.3, 0.4) is 0 Å². The van der Waals surface area contributed by atoms with Gasteiger partial charge in [0.05, 0.1) is 37.4 Å². The molecule has 5 rings (SSSR count). The summed E-state index contributed by atoms with van der Waals surface area (Å²) in [6, 6.07) is 8.00. The van der Waals surface area contributed by atoms with Gasteiger partial charge in [-0.1, -0.05) is 18.1 Å². The first kappa shape index (κ1) is 32.4. The maximum atomic E-state index is 14.5. The molecule has 0 aliphatic carbocycles. The molecule has 0 bridgehead atoms. The molecule has 46 heavy (non-hydrogen) atoms. The van der Waals surface area contributed by atoms with Gasteiger partial charge in [-0.05, 0) is 42.8 Å². The Morgan fingerprint density at radius 2 is 1.91 bits per heavy atom. The Balaban J connectivity index is 1.59. The second-order valence-corrected chi connectivity index (χ2v) is 10.1. The molecule has 0 fully saturated rings. The molecule has 11 nitrogen and oxygen atoms in total. The van der Waals surface area contributed by atoms with Crippen LogP contribution in [0.25, 0.3) is 17.3 Å². The predicted octanol–water partition coefficient (Wildman–Crippen LogP) is 5.67. The quantitative estimate of drug-likeness (QED) is 0.123. The standard InChI is InChI=1S/C30H28F5N5O6/c1-2-12-45-18-6-7-19(20(15-18)30(33,34)35)22-16-25(46-38-22)29(28(42)43,9-13-44-14-11-41)39-17-36-27-24(39)8-10-40(37-27)23-5-3-4-21(31)26(23)32/h3-8,10,15-17,37,41H,2,9,11-14H2,1H3,(H,42,43). The zero-order valence-corrected chi connectivity index (χ0v) is 24.2. The van der Waals surface area contributed by atoms with E-state index in [0.717, 1.165) is 35.6 Å². The summed E-state index contributed by atoms with van der Waals surface area (Å²) in [6.45, 7) is 1.33. The number of hydrazine groups is 1. The molecule has 3 N–H and O–H groups in total. The molecule has 4 aromatic rings. The lowest BCUT2D eigenvalue weighted by Crippen LogP contribution is -2.44. The Bertz CT molecular complexity index is 1740. The highest BCUT2D eigenvalue weighted by molar-refractivity contribution is 5.83. The lowest BCUT2D eigenvalue weighted by molar-refractivity contribution is -0.147. The zero-order chi connectivity index (χ0) is 33.1. The van der Waals surface area contributed by atoms with E-state index < -0.39 is 34.9 Å². The van der Waals surface area contributed by atoms with E-state index in [4.69, 9.17) is 19.1 Å². The molecule has 16 heteroatoms. The van der Waals surface area contributed by atoms with Gasteiger partial charge in [-0.2, -0.15) is 13.2 Å². The zero-order valence-electron chi connectivity index (χ0n) is 24.2. The molecule has 1 aliphatic heterocycles. The summed E-state index contributed by atoms with van der Waals surface area (Å²) in [5.41, 5.74) is -1.14. The van der Waals surface area contributed by atoms with Crippen LogP contribution in [-0.4, -0.2) is 57.3 Å². The highest BCUT2D eigenvalue weighted by Gasteiger charge is 2.48. The first-order valence-electron chi connectivity index (χ1n) is 14.0. The van der Waals surface area contributed by atoms with Crippen LogP contribution in [-0.2, 0) is 21.2 Å². The monoisotopic (exact) mass is 649 g/mol. The van der Waals surface area contributed by atoms with Gasteiger partial charge in [0.25, 0.3) is 0 Å². The van der Waals surface area contributed by atoms with Crippen LogP contribution in [0, 0.1) is 11.6 Å². The number of fused-ring (bicyclic) bond motifs is 1. The summed E-state index contributed by atoms with van der Waals surface area (Å²) in [4.78, 5) is 17.4. The van der Waals surface area contributed by atoms with E-state index in [-0.39, 0.29) is 72.8 Å². The highest BCUT2D eigenvalue weighted by Crippen LogP contribution is 2.42. The van der Waals surface area contributed by atoms with Crippen molar-refractivity contribution < 1.29 is 51.0 Å². The molecule has 0 amide bonds. The van der Waals surface area contributed by atoms with Crippen molar-refractivity contribution in [3.8, 4) is 17.0 Å². The average molecular weight is 650 g/mol. The van der Waals surface area contributed by atoms with Crippen molar-refractivity contribution in [3.63, 3.8) is 0 Å². The second-order valence-electron chi connectivity index (χ2n) is 10.1. The Morgan fingerprint density at radius 1 is 1.11 bits per heavy atom. The number of hydrogen-bond donors (Lipinski definition) is 3. The number of carbonyl (C=O) groups is 1. The topological polar surface area (TPSA) is 135 Å². The van der Waals surface area contributed by atoms with Gasteiger partial charge in [-0.25, -0.2) is 18.6 Å². The number of aliphatic hydroxyl groups is 1. The molecule has 0 saturated carbocycles.